The number of nitrogens with one attached hydrogen (secondary N) is 1. The van der Waals surface area contributed by atoms with E-state index < -0.39 is 17.6 Å². The van der Waals surface area contributed by atoms with Crippen molar-refractivity contribution in [3.63, 3.8) is 0 Å². The first-order chi connectivity index (χ1) is 15.0. The monoisotopic (exact) mass is 435 g/mol. The van der Waals surface area contributed by atoms with E-state index in [9.17, 15) is 14.0 Å². The summed E-state index contributed by atoms with van der Waals surface area (Å²) in [6.45, 7) is -0.204. The second-order valence-corrected chi connectivity index (χ2v) is 7.65. The zero-order valence-electron chi connectivity index (χ0n) is 16.5. The number of carbonyl (C=O) groups excluding carboxylic acids is 2. The lowest BCUT2D eigenvalue weighted by Gasteiger charge is -2.15. The number of amides is 2. The molecule has 9 heteroatoms. The zero-order valence-corrected chi connectivity index (χ0v) is 17.3. The highest BCUT2D eigenvalue weighted by Crippen LogP contribution is 2.25. The van der Waals surface area contributed by atoms with Crippen molar-refractivity contribution < 1.29 is 14.0 Å². The van der Waals surface area contributed by atoms with Crippen molar-refractivity contribution in [1.29, 1.82) is 0 Å². The van der Waals surface area contributed by atoms with Gasteiger partial charge in [-0.3, -0.25) is 9.59 Å². The summed E-state index contributed by atoms with van der Waals surface area (Å²) in [5.74, 6) is -0.755. The Labute approximate surface area is 181 Å². The number of nitrogens with zero attached hydrogens (tertiary/aromatic N) is 4. The van der Waals surface area contributed by atoms with Gasteiger partial charge in [-0.25, -0.2) is 14.1 Å². The lowest BCUT2D eigenvalue weighted by atomic mass is 10.3. The molecule has 2 aromatic carbocycles. The standard InChI is InChI=1S/C22H18FN5O2S/c1-27(14-19(29)24-16-11-9-15(23)10-12-16)22(30)20-25-21(18-8-5-13-31-18)28(26-20)17-6-3-2-4-7-17/h2-13H,14H2,1H3,(H,24,29). The van der Waals surface area contributed by atoms with E-state index in [0.29, 0.717) is 11.5 Å². The Hall–Kier alpha value is -3.85. The molecule has 4 rings (SSSR count). The van der Waals surface area contributed by atoms with Crippen molar-refractivity contribution in [3.05, 3.63) is 83.8 Å². The summed E-state index contributed by atoms with van der Waals surface area (Å²) in [5.41, 5.74) is 1.22. The minimum Gasteiger partial charge on any atom is -0.330 e. The molecule has 0 saturated carbocycles. The largest absolute Gasteiger partial charge is 0.330 e. The Kier molecular flexibility index (Phi) is 5.85. The first-order valence-corrected chi connectivity index (χ1v) is 10.3. The Morgan fingerprint density at radius 3 is 2.48 bits per heavy atom. The number of carbonyl (C=O) groups is 2. The number of para-hydroxylation sites is 1. The smallest absolute Gasteiger partial charge is 0.293 e. The Bertz CT molecular complexity index is 1190. The summed E-state index contributed by atoms with van der Waals surface area (Å²) in [6, 6.07) is 18.6. The molecule has 0 atom stereocenters. The van der Waals surface area contributed by atoms with Gasteiger partial charge in [-0.15, -0.1) is 16.4 Å². The zero-order chi connectivity index (χ0) is 21.8. The number of halogens is 1. The second kappa shape index (κ2) is 8.88. The maximum Gasteiger partial charge on any atom is 0.293 e. The van der Waals surface area contributed by atoms with Gasteiger partial charge in [-0.1, -0.05) is 24.3 Å². The number of likely N-dealkylation sites (N-methyl/N-ethyl adjacent to an activating group) is 1. The van der Waals surface area contributed by atoms with Gasteiger partial charge in [0.05, 0.1) is 17.1 Å². The highest BCUT2D eigenvalue weighted by Gasteiger charge is 2.23. The van der Waals surface area contributed by atoms with Gasteiger partial charge in [0.25, 0.3) is 5.91 Å². The summed E-state index contributed by atoms with van der Waals surface area (Å²) in [7, 11) is 1.50. The molecule has 156 valence electrons. The molecule has 4 aromatic rings. The van der Waals surface area contributed by atoms with E-state index in [4.69, 9.17) is 0 Å². The molecule has 0 unspecified atom stereocenters. The average Bonchev–Trinajstić information content (AvgIpc) is 3.45. The van der Waals surface area contributed by atoms with Gasteiger partial charge in [0.15, 0.2) is 5.82 Å². The van der Waals surface area contributed by atoms with Crippen LogP contribution in [0.3, 0.4) is 0 Å². The molecule has 31 heavy (non-hydrogen) atoms. The Balaban J connectivity index is 1.54. The van der Waals surface area contributed by atoms with Crippen molar-refractivity contribution in [2.24, 2.45) is 0 Å². The van der Waals surface area contributed by atoms with Crippen LogP contribution in [-0.2, 0) is 4.79 Å². The fourth-order valence-corrected chi connectivity index (χ4v) is 3.61. The Morgan fingerprint density at radius 2 is 1.81 bits per heavy atom. The van der Waals surface area contributed by atoms with Crippen LogP contribution >= 0.6 is 11.3 Å². The van der Waals surface area contributed by atoms with Crippen molar-refractivity contribution in [2.75, 3.05) is 18.9 Å². The number of aromatic nitrogens is 3. The molecule has 0 bridgehead atoms. The molecule has 0 aliphatic rings. The SMILES string of the molecule is CN(CC(=O)Nc1ccc(F)cc1)C(=O)c1nc(-c2cccs2)n(-c2ccccc2)n1. The third-order valence-electron chi connectivity index (χ3n) is 4.40. The van der Waals surface area contributed by atoms with Crippen LogP contribution in [0.15, 0.2) is 72.1 Å². The van der Waals surface area contributed by atoms with Gasteiger partial charge in [-0.2, -0.15) is 0 Å². The number of rotatable bonds is 6. The highest BCUT2D eigenvalue weighted by molar-refractivity contribution is 7.13. The van der Waals surface area contributed by atoms with Crippen LogP contribution < -0.4 is 5.32 Å². The molecule has 0 fully saturated rings. The van der Waals surface area contributed by atoms with Crippen LogP contribution in [0.2, 0.25) is 0 Å². The summed E-state index contributed by atoms with van der Waals surface area (Å²) >= 11 is 1.49. The van der Waals surface area contributed by atoms with Gasteiger partial charge < -0.3 is 10.2 Å². The Morgan fingerprint density at radius 1 is 1.06 bits per heavy atom. The summed E-state index contributed by atoms with van der Waals surface area (Å²) in [6.07, 6.45) is 0. The number of hydrogen-bond donors (Lipinski definition) is 1. The van der Waals surface area contributed by atoms with Crippen LogP contribution in [0.25, 0.3) is 16.4 Å². The van der Waals surface area contributed by atoms with E-state index >= 15 is 0 Å². The fraction of sp³-hybridized carbons (Fsp3) is 0.0909. The second-order valence-electron chi connectivity index (χ2n) is 6.70. The van der Waals surface area contributed by atoms with E-state index in [1.807, 2.05) is 47.8 Å². The minimum atomic E-state index is -0.484. The van der Waals surface area contributed by atoms with Crippen LogP contribution in [-0.4, -0.2) is 45.1 Å². The molecule has 0 radical (unpaired) electrons. The van der Waals surface area contributed by atoms with Crippen LogP contribution in [0.1, 0.15) is 10.6 Å². The van der Waals surface area contributed by atoms with E-state index in [1.165, 1.54) is 47.5 Å². The van der Waals surface area contributed by atoms with Crippen molar-refractivity contribution in [1.82, 2.24) is 19.7 Å². The summed E-state index contributed by atoms with van der Waals surface area (Å²) in [5, 5.41) is 8.96. The van der Waals surface area contributed by atoms with Gasteiger partial charge in [-0.05, 0) is 47.8 Å². The van der Waals surface area contributed by atoms with E-state index in [0.717, 1.165) is 10.6 Å². The molecule has 0 aliphatic carbocycles. The van der Waals surface area contributed by atoms with Crippen molar-refractivity contribution in [2.45, 2.75) is 0 Å². The van der Waals surface area contributed by atoms with Crippen molar-refractivity contribution >= 4 is 28.8 Å². The van der Waals surface area contributed by atoms with Gasteiger partial charge in [0.1, 0.15) is 5.82 Å². The maximum atomic E-state index is 13.0. The summed E-state index contributed by atoms with van der Waals surface area (Å²) in [4.78, 5) is 31.7. The third-order valence-corrected chi connectivity index (χ3v) is 5.26. The first-order valence-electron chi connectivity index (χ1n) is 9.38. The van der Waals surface area contributed by atoms with E-state index in [-0.39, 0.29) is 12.4 Å². The topological polar surface area (TPSA) is 80.1 Å². The van der Waals surface area contributed by atoms with Crippen LogP contribution in [0.4, 0.5) is 10.1 Å². The fourth-order valence-electron chi connectivity index (χ4n) is 2.91. The lowest BCUT2D eigenvalue weighted by Crippen LogP contribution is -2.35. The molecule has 7 nitrogen and oxygen atoms in total. The third kappa shape index (κ3) is 4.67. The van der Waals surface area contributed by atoms with Gasteiger partial charge in [0, 0.05) is 12.7 Å². The molecular formula is C22H18FN5O2S. The number of anilines is 1. The molecular weight excluding hydrogens is 417 g/mol. The molecule has 2 heterocycles. The molecule has 0 aliphatic heterocycles. The van der Waals surface area contributed by atoms with Gasteiger partial charge in [0.2, 0.25) is 11.7 Å². The van der Waals surface area contributed by atoms with E-state index in [1.54, 1.807) is 4.68 Å². The maximum absolute atomic E-state index is 13.0. The van der Waals surface area contributed by atoms with Gasteiger partial charge >= 0.3 is 0 Å². The quantitative estimate of drug-likeness (QED) is 0.499. The number of thiophene rings is 1. The molecule has 2 aromatic heterocycles. The summed E-state index contributed by atoms with van der Waals surface area (Å²) < 4.78 is 14.6. The molecule has 2 amide bonds. The van der Waals surface area contributed by atoms with Crippen LogP contribution in [0.5, 0.6) is 0 Å². The highest BCUT2D eigenvalue weighted by atomic mass is 32.1. The molecule has 0 spiro atoms. The lowest BCUT2D eigenvalue weighted by molar-refractivity contribution is -0.116. The van der Waals surface area contributed by atoms with E-state index in [2.05, 4.69) is 15.4 Å². The number of benzene rings is 2. The predicted molar refractivity (Wildman–Crippen MR) is 117 cm³/mol. The number of hydrogen-bond acceptors (Lipinski definition) is 5. The average molecular weight is 435 g/mol. The first kappa shape index (κ1) is 20.4. The normalized spacial score (nSPS) is 10.6. The molecule has 1 N–H and O–H groups in total. The minimum absolute atomic E-state index is 0.00987. The predicted octanol–water partition coefficient (Wildman–Crippen LogP) is 3.85. The van der Waals surface area contributed by atoms with Crippen LogP contribution in [0, 0.1) is 5.82 Å². The molecule has 0 saturated heterocycles. The van der Waals surface area contributed by atoms with Crippen molar-refractivity contribution in [3.8, 4) is 16.4 Å².